The molecule has 0 heterocycles. The summed E-state index contributed by atoms with van der Waals surface area (Å²) in [6, 6.07) is -0.664. The molecule has 0 fully saturated rings. The van der Waals surface area contributed by atoms with Gasteiger partial charge in [-0.25, -0.2) is 0 Å². The Bertz CT molecular complexity index is 113. The summed E-state index contributed by atoms with van der Waals surface area (Å²) >= 11 is 0. The van der Waals surface area contributed by atoms with Gasteiger partial charge in [0.2, 0.25) is 0 Å². The molecule has 0 aliphatic rings. The maximum atomic E-state index is 10.2. The highest BCUT2D eigenvalue weighted by atomic mass is 31.2. The van der Waals surface area contributed by atoms with Crippen molar-refractivity contribution in [1.82, 2.24) is 0 Å². The Morgan fingerprint density at radius 1 is 1.33 bits per heavy atom. The van der Waals surface area contributed by atoms with Gasteiger partial charge in [0.1, 0.15) is 0 Å². The maximum absolute atomic E-state index is 10.2. The van der Waals surface area contributed by atoms with Gasteiger partial charge < -0.3 is 19.3 Å². The van der Waals surface area contributed by atoms with Gasteiger partial charge in [0.25, 0.3) is 0 Å². The molecular formula is C3H8O5P. The third-order valence-corrected chi connectivity index (χ3v) is 1.43. The van der Waals surface area contributed by atoms with Gasteiger partial charge in [-0.05, 0) is 0 Å². The predicted octanol–water partition coefficient (Wildman–Crippen LogP) is -0.0961. The van der Waals surface area contributed by atoms with E-state index < -0.39 is 13.6 Å². The van der Waals surface area contributed by atoms with E-state index in [1.165, 1.54) is 0 Å². The molecule has 0 aliphatic heterocycles. The van der Waals surface area contributed by atoms with E-state index in [1.807, 2.05) is 0 Å². The van der Waals surface area contributed by atoms with Crippen molar-refractivity contribution >= 4 is 7.60 Å². The first kappa shape index (κ1) is 9.07. The molecule has 55 valence electrons. The van der Waals surface area contributed by atoms with E-state index in [2.05, 4.69) is 9.47 Å². The van der Waals surface area contributed by atoms with Crippen molar-refractivity contribution in [2.45, 2.75) is 0 Å². The minimum absolute atomic E-state index is 0.664. The van der Waals surface area contributed by atoms with Crippen molar-refractivity contribution in [1.29, 1.82) is 0 Å². The van der Waals surface area contributed by atoms with Crippen LogP contribution in [0.4, 0.5) is 0 Å². The molecule has 5 nitrogen and oxygen atoms in total. The van der Waals surface area contributed by atoms with Crippen LogP contribution in [-0.2, 0) is 14.0 Å². The van der Waals surface area contributed by atoms with E-state index in [-0.39, 0.29) is 0 Å². The van der Waals surface area contributed by atoms with Crippen LogP contribution in [0, 0.1) is 6.03 Å². The molecule has 0 aliphatic carbocycles. The zero-order valence-electron chi connectivity index (χ0n) is 5.07. The largest absolute Gasteiger partial charge is 0.391 e. The Morgan fingerprint density at radius 3 is 1.67 bits per heavy atom. The Morgan fingerprint density at radius 2 is 1.67 bits per heavy atom. The van der Waals surface area contributed by atoms with Crippen LogP contribution in [0.3, 0.4) is 0 Å². The zero-order valence-corrected chi connectivity index (χ0v) is 5.96. The van der Waals surface area contributed by atoms with Crippen LogP contribution in [0.1, 0.15) is 0 Å². The number of hydrogen-bond donors (Lipinski definition) is 2. The first-order chi connectivity index (χ1) is 4.02. The van der Waals surface area contributed by atoms with E-state index in [1.54, 1.807) is 0 Å². The molecule has 9 heavy (non-hydrogen) atoms. The molecule has 0 aromatic heterocycles. The van der Waals surface area contributed by atoms with Crippen LogP contribution in [0.15, 0.2) is 0 Å². The van der Waals surface area contributed by atoms with Crippen LogP contribution in [0.25, 0.3) is 0 Å². The average molecular weight is 155 g/mol. The van der Waals surface area contributed by atoms with Crippen molar-refractivity contribution in [3.63, 3.8) is 0 Å². The summed E-state index contributed by atoms with van der Waals surface area (Å²) in [6.07, 6.45) is 0. The molecule has 0 unspecified atom stereocenters. The number of rotatable bonds is 3. The molecule has 0 saturated heterocycles. The summed E-state index contributed by atoms with van der Waals surface area (Å²) in [4.78, 5) is 16.6. The minimum Gasteiger partial charge on any atom is -0.339 e. The van der Waals surface area contributed by atoms with E-state index in [0.29, 0.717) is 0 Å². The molecule has 2 N–H and O–H groups in total. The molecule has 0 spiro atoms. The lowest BCUT2D eigenvalue weighted by molar-refractivity contribution is 0.0351. The standard InChI is InChI=1S/C3H8O5P/c1-7-3(8-2)9(4,5)6/h1-2H3,(H2,4,5,6). The Hall–Kier alpha value is 0.0700. The molecular weight excluding hydrogens is 147 g/mol. The highest BCUT2D eigenvalue weighted by molar-refractivity contribution is 7.54. The SMILES string of the molecule is CO[C](OC)P(=O)(O)O. The summed E-state index contributed by atoms with van der Waals surface area (Å²) in [6.45, 7) is 0. The molecule has 0 aromatic carbocycles. The number of hydrogen-bond acceptors (Lipinski definition) is 3. The second-order valence-electron chi connectivity index (χ2n) is 1.22. The van der Waals surface area contributed by atoms with Gasteiger partial charge in [-0.2, -0.15) is 0 Å². The minimum atomic E-state index is -4.30. The first-order valence-corrected chi connectivity index (χ1v) is 3.64. The summed E-state index contributed by atoms with van der Waals surface area (Å²) in [5.41, 5.74) is 0. The molecule has 0 amide bonds. The summed E-state index contributed by atoms with van der Waals surface area (Å²) < 4.78 is 18.6. The monoisotopic (exact) mass is 155 g/mol. The first-order valence-electron chi connectivity index (χ1n) is 2.03. The molecule has 0 aromatic rings. The van der Waals surface area contributed by atoms with Crippen LogP contribution in [0.5, 0.6) is 0 Å². The van der Waals surface area contributed by atoms with Gasteiger partial charge in [0, 0.05) is 14.2 Å². The van der Waals surface area contributed by atoms with Crippen LogP contribution >= 0.6 is 7.60 Å². The van der Waals surface area contributed by atoms with Gasteiger partial charge in [0.05, 0.1) is 0 Å². The highest BCUT2D eigenvalue weighted by Crippen LogP contribution is 2.47. The lowest BCUT2D eigenvalue weighted by Gasteiger charge is -2.10. The van der Waals surface area contributed by atoms with Crippen molar-refractivity contribution in [3.8, 4) is 0 Å². The van der Waals surface area contributed by atoms with E-state index in [0.717, 1.165) is 14.2 Å². The Balaban J connectivity index is 3.96. The Kier molecular flexibility index (Phi) is 3.32. The third-order valence-electron chi connectivity index (χ3n) is 0.587. The predicted molar refractivity (Wildman–Crippen MR) is 29.3 cm³/mol. The summed E-state index contributed by atoms with van der Waals surface area (Å²) in [5, 5.41) is 0. The van der Waals surface area contributed by atoms with Crippen molar-refractivity contribution in [2.24, 2.45) is 0 Å². The summed E-state index contributed by atoms with van der Waals surface area (Å²) in [7, 11) is -2.06. The number of methoxy groups -OCH3 is 2. The lowest BCUT2D eigenvalue weighted by Crippen LogP contribution is -2.02. The second-order valence-corrected chi connectivity index (χ2v) is 2.67. The van der Waals surface area contributed by atoms with Crippen LogP contribution in [0.2, 0.25) is 0 Å². The third kappa shape index (κ3) is 2.93. The van der Waals surface area contributed by atoms with Crippen LogP contribution in [-0.4, -0.2) is 24.0 Å². The fourth-order valence-corrected chi connectivity index (χ4v) is 0.797. The zero-order chi connectivity index (χ0) is 7.49. The summed E-state index contributed by atoms with van der Waals surface area (Å²) in [5.74, 6) is 0. The average Bonchev–Trinajstić information content (AvgIpc) is 1.65. The quantitative estimate of drug-likeness (QED) is 0.556. The van der Waals surface area contributed by atoms with Crippen molar-refractivity contribution in [3.05, 3.63) is 6.03 Å². The van der Waals surface area contributed by atoms with Crippen LogP contribution < -0.4 is 0 Å². The van der Waals surface area contributed by atoms with Gasteiger partial charge >= 0.3 is 13.6 Å². The topological polar surface area (TPSA) is 76.0 Å². The molecule has 6 heteroatoms. The molecule has 1 radical (unpaired) electrons. The van der Waals surface area contributed by atoms with Gasteiger partial charge in [-0.1, -0.05) is 0 Å². The fourth-order valence-electron chi connectivity index (χ4n) is 0.321. The number of ether oxygens (including phenoxy) is 2. The van der Waals surface area contributed by atoms with Gasteiger partial charge in [0.15, 0.2) is 0 Å². The van der Waals surface area contributed by atoms with E-state index in [4.69, 9.17) is 9.79 Å². The normalized spacial score (nSPS) is 12.6. The molecule has 0 atom stereocenters. The molecule has 0 bridgehead atoms. The Labute approximate surface area is 52.7 Å². The second kappa shape index (κ2) is 3.29. The van der Waals surface area contributed by atoms with Crippen molar-refractivity contribution in [2.75, 3.05) is 14.2 Å². The van der Waals surface area contributed by atoms with Gasteiger partial charge in [-0.15, -0.1) is 0 Å². The maximum Gasteiger partial charge on any atom is 0.391 e. The van der Waals surface area contributed by atoms with Crippen molar-refractivity contribution < 1.29 is 23.8 Å². The fraction of sp³-hybridized carbons (Fsp3) is 0.667. The van der Waals surface area contributed by atoms with E-state index >= 15 is 0 Å². The smallest absolute Gasteiger partial charge is 0.339 e. The highest BCUT2D eigenvalue weighted by Gasteiger charge is 2.30. The molecule has 0 rings (SSSR count). The van der Waals surface area contributed by atoms with E-state index in [9.17, 15) is 4.57 Å². The van der Waals surface area contributed by atoms with Gasteiger partial charge in [-0.3, -0.25) is 4.57 Å². The molecule has 0 saturated carbocycles. The lowest BCUT2D eigenvalue weighted by atomic mass is 11.3.